The zero-order valence-electron chi connectivity index (χ0n) is 26.7. The van der Waals surface area contributed by atoms with Crippen molar-refractivity contribution in [1.82, 2.24) is 19.5 Å². The fourth-order valence-corrected chi connectivity index (χ4v) is 6.15. The van der Waals surface area contributed by atoms with Crippen molar-refractivity contribution in [2.75, 3.05) is 45.9 Å². The third-order valence-electron chi connectivity index (χ3n) is 8.25. The first kappa shape index (κ1) is 36.6. The van der Waals surface area contributed by atoms with Crippen LogP contribution < -0.4 is 15.2 Å². The summed E-state index contributed by atoms with van der Waals surface area (Å²) in [5.74, 6) is -4.14. The number of pyridine rings is 1. The van der Waals surface area contributed by atoms with E-state index >= 15 is 0 Å². The molecule has 48 heavy (non-hydrogen) atoms. The summed E-state index contributed by atoms with van der Waals surface area (Å²) in [4.78, 5) is 60.0. The lowest BCUT2D eigenvalue weighted by Crippen LogP contribution is -2.52. The molecule has 3 amide bonds. The van der Waals surface area contributed by atoms with Gasteiger partial charge in [0.15, 0.2) is 0 Å². The topological polar surface area (TPSA) is 188 Å². The van der Waals surface area contributed by atoms with Crippen molar-refractivity contribution in [3.8, 4) is 5.75 Å². The maximum Gasteiger partial charge on any atom is 0.511 e. The zero-order valence-corrected chi connectivity index (χ0v) is 27.5. The van der Waals surface area contributed by atoms with Crippen molar-refractivity contribution in [3.05, 3.63) is 35.0 Å². The van der Waals surface area contributed by atoms with Gasteiger partial charge in [0, 0.05) is 38.1 Å². The number of sulfonamides is 1. The number of primary amides is 1. The van der Waals surface area contributed by atoms with Crippen LogP contribution in [0.1, 0.15) is 67.1 Å². The number of fused-ring (bicyclic) bond motifs is 1. The molecule has 0 spiro atoms. The van der Waals surface area contributed by atoms with Crippen LogP contribution in [-0.2, 0) is 29.1 Å². The first-order valence-corrected chi connectivity index (χ1v) is 16.9. The standard InChI is InChI=1S/C30H38F3N5O9S/c1-4-45-27(41)29(10-6-11-29)47-24-19-8-7-18(3)17-21(19)36-23(22(24)25(34)39)20(9-12-35-48(43,44)30(31,32)33)26(40)37-13-15-38(16-14-37)28(42)46-5-2/h7-8,17,20,35H,4-6,9-16H2,1-3H3,(H2,34,39). The summed E-state index contributed by atoms with van der Waals surface area (Å²) in [6.45, 7) is 4.48. The summed E-state index contributed by atoms with van der Waals surface area (Å²) >= 11 is 0. The molecule has 2 heterocycles. The van der Waals surface area contributed by atoms with E-state index in [-0.39, 0.29) is 80.1 Å². The molecule has 2 aliphatic rings. The molecule has 0 radical (unpaired) electrons. The minimum absolute atomic E-state index is 0.00362. The molecular weight excluding hydrogens is 663 g/mol. The van der Waals surface area contributed by atoms with Crippen LogP contribution in [0.15, 0.2) is 18.2 Å². The molecule has 1 aromatic heterocycles. The van der Waals surface area contributed by atoms with E-state index in [2.05, 4.69) is 4.98 Å². The van der Waals surface area contributed by atoms with Crippen molar-refractivity contribution in [2.45, 2.75) is 63.5 Å². The van der Waals surface area contributed by atoms with E-state index in [0.29, 0.717) is 6.42 Å². The molecule has 1 aromatic carbocycles. The summed E-state index contributed by atoms with van der Waals surface area (Å²) in [5.41, 5.74) is -0.905. The Kier molecular flexibility index (Phi) is 11.1. The lowest BCUT2D eigenvalue weighted by atomic mass is 9.79. The molecule has 4 rings (SSSR count). The number of nitrogens with zero attached hydrogens (tertiary/aromatic N) is 3. The summed E-state index contributed by atoms with van der Waals surface area (Å²) in [6, 6.07) is 4.93. The van der Waals surface area contributed by atoms with Crippen molar-refractivity contribution in [2.24, 2.45) is 5.73 Å². The van der Waals surface area contributed by atoms with Crippen LogP contribution in [0.25, 0.3) is 10.9 Å². The Bertz CT molecular complexity index is 1670. The second-order valence-electron chi connectivity index (χ2n) is 11.5. The van der Waals surface area contributed by atoms with Gasteiger partial charge >= 0.3 is 27.6 Å². The number of halogens is 3. The molecule has 2 fully saturated rings. The molecule has 18 heteroatoms. The minimum atomic E-state index is -5.78. The number of esters is 1. The van der Waals surface area contributed by atoms with Gasteiger partial charge in [0.2, 0.25) is 11.5 Å². The maximum absolute atomic E-state index is 14.2. The lowest BCUT2D eigenvalue weighted by molar-refractivity contribution is -0.169. The Balaban J connectivity index is 1.83. The average Bonchev–Trinajstić information content (AvgIpc) is 2.99. The minimum Gasteiger partial charge on any atom is -0.474 e. The first-order chi connectivity index (χ1) is 22.5. The summed E-state index contributed by atoms with van der Waals surface area (Å²) < 4.78 is 81.1. The third kappa shape index (κ3) is 7.59. The number of ether oxygens (including phenoxy) is 3. The molecule has 264 valence electrons. The first-order valence-electron chi connectivity index (χ1n) is 15.4. The number of amides is 3. The fourth-order valence-electron chi connectivity index (χ4n) is 5.60. The molecular formula is C30H38F3N5O9S. The number of nitrogens with one attached hydrogen (secondary N) is 1. The normalized spacial score (nSPS) is 17.0. The number of rotatable bonds is 12. The monoisotopic (exact) mass is 701 g/mol. The van der Waals surface area contributed by atoms with Crippen molar-refractivity contribution in [1.29, 1.82) is 0 Å². The van der Waals surface area contributed by atoms with E-state index in [0.717, 1.165) is 5.56 Å². The SMILES string of the molecule is CCOC(=O)N1CCN(C(=O)C(CCNS(=O)(=O)C(F)(F)F)c2nc3cc(C)ccc3c(OC3(C(=O)OCC)CCC3)c2C(N)=O)CC1. The molecule has 1 aliphatic heterocycles. The number of aryl methyl sites for hydroxylation is 1. The highest BCUT2D eigenvalue weighted by Gasteiger charge is 2.50. The number of benzene rings is 1. The van der Waals surface area contributed by atoms with Crippen molar-refractivity contribution < 1.29 is 55.0 Å². The van der Waals surface area contributed by atoms with Gasteiger partial charge < -0.3 is 29.7 Å². The number of nitrogens with two attached hydrogens (primary N) is 1. The molecule has 1 saturated heterocycles. The van der Waals surface area contributed by atoms with E-state index in [1.165, 1.54) is 14.5 Å². The van der Waals surface area contributed by atoms with Crippen LogP contribution in [0.2, 0.25) is 0 Å². The van der Waals surface area contributed by atoms with Gasteiger partial charge in [-0.05, 0) is 64.2 Å². The van der Waals surface area contributed by atoms with Crippen LogP contribution in [-0.4, -0.2) is 104 Å². The van der Waals surface area contributed by atoms with Crippen molar-refractivity contribution >= 4 is 44.8 Å². The molecule has 2 aromatic rings. The van der Waals surface area contributed by atoms with Gasteiger partial charge in [-0.15, -0.1) is 0 Å². The second-order valence-corrected chi connectivity index (χ2v) is 13.2. The maximum atomic E-state index is 14.2. The Labute approximate surface area is 275 Å². The Morgan fingerprint density at radius 2 is 1.67 bits per heavy atom. The fraction of sp³-hybridized carbons (Fsp3) is 0.567. The van der Waals surface area contributed by atoms with Crippen LogP contribution in [0, 0.1) is 6.92 Å². The second kappa shape index (κ2) is 14.5. The van der Waals surface area contributed by atoms with Gasteiger partial charge in [0.05, 0.1) is 30.3 Å². The summed E-state index contributed by atoms with van der Waals surface area (Å²) in [7, 11) is -5.78. The number of carbonyl (C=O) groups is 4. The number of piperazine rings is 1. The molecule has 0 bridgehead atoms. The highest BCUT2D eigenvalue weighted by molar-refractivity contribution is 7.90. The van der Waals surface area contributed by atoms with Gasteiger partial charge in [-0.3, -0.25) is 14.6 Å². The summed E-state index contributed by atoms with van der Waals surface area (Å²) in [5, 5.41) is 0.278. The van der Waals surface area contributed by atoms with Crippen LogP contribution in [0.5, 0.6) is 5.75 Å². The number of hydrogen-bond acceptors (Lipinski definition) is 10. The molecule has 1 saturated carbocycles. The predicted molar refractivity (Wildman–Crippen MR) is 164 cm³/mol. The van der Waals surface area contributed by atoms with E-state index < -0.39 is 63.9 Å². The Hall–Kier alpha value is -4.19. The van der Waals surface area contributed by atoms with Crippen LogP contribution in [0.4, 0.5) is 18.0 Å². The molecule has 1 aliphatic carbocycles. The van der Waals surface area contributed by atoms with Crippen molar-refractivity contribution in [3.63, 3.8) is 0 Å². The van der Waals surface area contributed by atoms with Crippen LogP contribution >= 0.6 is 0 Å². The number of hydrogen-bond donors (Lipinski definition) is 2. The number of alkyl halides is 3. The van der Waals surface area contributed by atoms with E-state index in [9.17, 15) is 40.8 Å². The Morgan fingerprint density at radius 3 is 2.21 bits per heavy atom. The zero-order chi connectivity index (χ0) is 35.4. The molecule has 14 nitrogen and oxygen atoms in total. The highest BCUT2D eigenvalue weighted by atomic mass is 32.2. The smallest absolute Gasteiger partial charge is 0.474 e. The molecule has 1 atom stereocenters. The average molecular weight is 702 g/mol. The van der Waals surface area contributed by atoms with E-state index in [1.807, 2.05) is 0 Å². The van der Waals surface area contributed by atoms with Gasteiger partial charge in [0.1, 0.15) is 11.3 Å². The third-order valence-corrected chi connectivity index (χ3v) is 9.44. The van der Waals surface area contributed by atoms with Gasteiger partial charge in [-0.25, -0.2) is 22.7 Å². The van der Waals surface area contributed by atoms with E-state index in [1.54, 1.807) is 39.0 Å². The quantitative estimate of drug-likeness (QED) is 0.312. The highest BCUT2D eigenvalue weighted by Crippen LogP contribution is 2.43. The van der Waals surface area contributed by atoms with Gasteiger partial charge in [-0.2, -0.15) is 13.2 Å². The summed E-state index contributed by atoms with van der Waals surface area (Å²) in [6.07, 6.45) is -0.0430. The predicted octanol–water partition coefficient (Wildman–Crippen LogP) is 2.72. The van der Waals surface area contributed by atoms with Gasteiger partial charge in [-0.1, -0.05) is 6.07 Å². The van der Waals surface area contributed by atoms with Crippen LogP contribution in [0.3, 0.4) is 0 Å². The number of carbonyl (C=O) groups excluding carboxylic acids is 4. The largest absolute Gasteiger partial charge is 0.511 e. The number of aromatic nitrogens is 1. The van der Waals surface area contributed by atoms with Gasteiger partial charge in [0.25, 0.3) is 5.91 Å². The lowest BCUT2D eigenvalue weighted by Gasteiger charge is -2.40. The molecule has 3 N–H and O–H groups in total. The molecule has 1 unspecified atom stereocenters. The van der Waals surface area contributed by atoms with E-state index in [4.69, 9.17) is 19.9 Å². The Morgan fingerprint density at radius 1 is 1.04 bits per heavy atom.